The molecule has 21 heavy (non-hydrogen) atoms. The molecule has 0 radical (unpaired) electrons. The molecular weight excluding hydrogens is 278 g/mol. The standard InChI is InChI=1S/C18H19NOS/c20-18-11-16(21)12-19(18)13-17(14-7-3-1-4-8-14)15-9-5-2-6-10-15/h1-10,16-17,21H,11-13H2. The van der Waals surface area contributed by atoms with E-state index in [4.69, 9.17) is 0 Å². The van der Waals surface area contributed by atoms with E-state index in [-0.39, 0.29) is 17.1 Å². The molecule has 3 rings (SSSR count). The number of hydrogen-bond donors (Lipinski definition) is 1. The van der Waals surface area contributed by atoms with Crippen LogP contribution in [0.4, 0.5) is 0 Å². The SMILES string of the molecule is O=C1CC(S)CN1CC(c1ccccc1)c1ccccc1. The first-order valence-corrected chi connectivity index (χ1v) is 7.81. The molecule has 3 heteroatoms. The van der Waals surface area contributed by atoms with Crippen molar-refractivity contribution in [3.05, 3.63) is 71.8 Å². The third-order valence-electron chi connectivity index (χ3n) is 4.00. The summed E-state index contributed by atoms with van der Waals surface area (Å²) in [5, 5.41) is 0.171. The predicted octanol–water partition coefficient (Wildman–Crippen LogP) is 3.35. The number of thiol groups is 1. The van der Waals surface area contributed by atoms with Gasteiger partial charge in [0, 0.05) is 30.7 Å². The zero-order valence-electron chi connectivity index (χ0n) is 11.9. The van der Waals surface area contributed by atoms with Gasteiger partial charge in [-0.15, -0.1) is 0 Å². The fraction of sp³-hybridized carbons (Fsp3) is 0.278. The molecule has 1 heterocycles. The predicted molar refractivity (Wildman–Crippen MR) is 88.7 cm³/mol. The summed E-state index contributed by atoms with van der Waals surface area (Å²) in [5.74, 6) is 0.432. The number of rotatable bonds is 4. The Labute approximate surface area is 131 Å². The lowest BCUT2D eigenvalue weighted by molar-refractivity contribution is -0.127. The molecule has 1 fully saturated rings. The van der Waals surface area contributed by atoms with Crippen LogP contribution in [0.1, 0.15) is 23.5 Å². The monoisotopic (exact) mass is 297 g/mol. The normalized spacial score (nSPS) is 18.5. The highest BCUT2D eigenvalue weighted by molar-refractivity contribution is 7.81. The lowest BCUT2D eigenvalue weighted by Gasteiger charge is -2.25. The van der Waals surface area contributed by atoms with Crippen LogP contribution in [0.25, 0.3) is 0 Å². The van der Waals surface area contributed by atoms with Gasteiger partial charge in [-0.25, -0.2) is 0 Å². The molecule has 0 spiro atoms. The van der Waals surface area contributed by atoms with Crippen LogP contribution in [0.3, 0.4) is 0 Å². The van der Waals surface area contributed by atoms with Gasteiger partial charge in [0.1, 0.15) is 0 Å². The van der Waals surface area contributed by atoms with Crippen molar-refractivity contribution in [2.24, 2.45) is 0 Å². The van der Waals surface area contributed by atoms with E-state index in [1.54, 1.807) is 0 Å². The largest absolute Gasteiger partial charge is 0.341 e. The van der Waals surface area contributed by atoms with Crippen molar-refractivity contribution >= 4 is 18.5 Å². The first-order chi connectivity index (χ1) is 10.2. The summed E-state index contributed by atoms with van der Waals surface area (Å²) in [6, 6.07) is 20.8. The van der Waals surface area contributed by atoms with E-state index in [2.05, 4.69) is 61.2 Å². The first-order valence-electron chi connectivity index (χ1n) is 7.30. The highest BCUT2D eigenvalue weighted by atomic mass is 32.1. The minimum absolute atomic E-state index is 0.171. The molecule has 1 unspecified atom stereocenters. The molecule has 0 aromatic heterocycles. The zero-order valence-corrected chi connectivity index (χ0v) is 12.7. The number of carbonyl (C=O) groups is 1. The zero-order chi connectivity index (χ0) is 14.7. The Morgan fingerprint density at radius 1 is 1.00 bits per heavy atom. The Kier molecular flexibility index (Phi) is 4.30. The number of amides is 1. The van der Waals surface area contributed by atoms with E-state index in [0.717, 1.165) is 13.1 Å². The van der Waals surface area contributed by atoms with Crippen LogP contribution in [0, 0.1) is 0 Å². The van der Waals surface area contributed by atoms with Crippen molar-refractivity contribution in [1.29, 1.82) is 0 Å². The van der Waals surface area contributed by atoms with Crippen molar-refractivity contribution in [2.45, 2.75) is 17.6 Å². The molecule has 1 amide bonds. The number of carbonyl (C=O) groups excluding carboxylic acids is 1. The third kappa shape index (κ3) is 3.30. The van der Waals surface area contributed by atoms with Gasteiger partial charge in [0.25, 0.3) is 0 Å². The fourth-order valence-electron chi connectivity index (χ4n) is 2.92. The Morgan fingerprint density at radius 2 is 1.52 bits per heavy atom. The molecule has 1 aliphatic rings. The van der Waals surface area contributed by atoms with Crippen LogP contribution < -0.4 is 0 Å². The van der Waals surface area contributed by atoms with Crippen LogP contribution in [0.15, 0.2) is 60.7 Å². The molecular formula is C18H19NOS. The first kappa shape index (κ1) is 14.2. The van der Waals surface area contributed by atoms with Crippen LogP contribution in [-0.2, 0) is 4.79 Å². The summed E-state index contributed by atoms with van der Waals surface area (Å²) >= 11 is 4.45. The van der Waals surface area contributed by atoms with Crippen LogP contribution in [0.5, 0.6) is 0 Å². The van der Waals surface area contributed by atoms with Gasteiger partial charge in [-0.3, -0.25) is 4.79 Å². The van der Waals surface area contributed by atoms with E-state index in [1.807, 2.05) is 17.0 Å². The Balaban J connectivity index is 1.88. The van der Waals surface area contributed by atoms with Crippen molar-refractivity contribution in [3.8, 4) is 0 Å². The van der Waals surface area contributed by atoms with Crippen molar-refractivity contribution < 1.29 is 4.79 Å². The maximum absolute atomic E-state index is 12.1. The van der Waals surface area contributed by atoms with E-state index < -0.39 is 0 Å². The van der Waals surface area contributed by atoms with E-state index >= 15 is 0 Å². The quantitative estimate of drug-likeness (QED) is 0.858. The number of likely N-dealkylation sites (tertiary alicyclic amines) is 1. The van der Waals surface area contributed by atoms with Gasteiger partial charge in [0.15, 0.2) is 0 Å². The second kappa shape index (κ2) is 6.35. The molecule has 1 atom stereocenters. The molecule has 2 aromatic carbocycles. The molecule has 0 N–H and O–H groups in total. The van der Waals surface area contributed by atoms with Crippen LogP contribution in [-0.4, -0.2) is 29.1 Å². The average Bonchev–Trinajstić information content (AvgIpc) is 2.84. The minimum atomic E-state index is 0.171. The van der Waals surface area contributed by atoms with E-state index in [0.29, 0.717) is 6.42 Å². The number of benzene rings is 2. The third-order valence-corrected chi connectivity index (χ3v) is 4.35. The lowest BCUT2D eigenvalue weighted by Crippen LogP contribution is -2.30. The van der Waals surface area contributed by atoms with Gasteiger partial charge >= 0.3 is 0 Å². The molecule has 0 saturated carbocycles. The molecule has 0 bridgehead atoms. The van der Waals surface area contributed by atoms with Crippen LogP contribution in [0.2, 0.25) is 0 Å². The van der Waals surface area contributed by atoms with Gasteiger partial charge in [-0.1, -0.05) is 60.7 Å². The van der Waals surface area contributed by atoms with Gasteiger partial charge in [-0.05, 0) is 11.1 Å². The highest BCUT2D eigenvalue weighted by Gasteiger charge is 2.29. The lowest BCUT2D eigenvalue weighted by atomic mass is 9.91. The van der Waals surface area contributed by atoms with Crippen molar-refractivity contribution in [3.63, 3.8) is 0 Å². The van der Waals surface area contributed by atoms with Gasteiger partial charge in [-0.2, -0.15) is 12.6 Å². The molecule has 1 aliphatic heterocycles. The summed E-state index contributed by atoms with van der Waals surface area (Å²) in [5.41, 5.74) is 2.50. The maximum atomic E-state index is 12.1. The highest BCUT2D eigenvalue weighted by Crippen LogP contribution is 2.28. The molecule has 1 saturated heterocycles. The number of hydrogen-bond acceptors (Lipinski definition) is 2. The maximum Gasteiger partial charge on any atom is 0.223 e. The summed E-state index contributed by atoms with van der Waals surface area (Å²) in [6.45, 7) is 1.47. The molecule has 2 nitrogen and oxygen atoms in total. The smallest absolute Gasteiger partial charge is 0.223 e. The van der Waals surface area contributed by atoms with Gasteiger partial charge in [0.2, 0.25) is 5.91 Å². The summed E-state index contributed by atoms with van der Waals surface area (Å²) < 4.78 is 0. The van der Waals surface area contributed by atoms with Crippen LogP contribution >= 0.6 is 12.6 Å². The second-order valence-electron chi connectivity index (χ2n) is 5.53. The topological polar surface area (TPSA) is 20.3 Å². The van der Waals surface area contributed by atoms with E-state index in [9.17, 15) is 4.79 Å². The summed E-state index contributed by atoms with van der Waals surface area (Å²) in [7, 11) is 0. The molecule has 108 valence electrons. The Morgan fingerprint density at radius 3 is 1.95 bits per heavy atom. The van der Waals surface area contributed by atoms with E-state index in [1.165, 1.54) is 11.1 Å². The Bertz CT molecular complexity index is 560. The molecule has 2 aromatic rings. The van der Waals surface area contributed by atoms with Gasteiger partial charge < -0.3 is 4.90 Å². The summed E-state index contributed by atoms with van der Waals surface area (Å²) in [6.07, 6.45) is 0.555. The average molecular weight is 297 g/mol. The molecule has 0 aliphatic carbocycles. The Hall–Kier alpha value is -1.74. The van der Waals surface area contributed by atoms with Crippen molar-refractivity contribution in [2.75, 3.05) is 13.1 Å². The number of nitrogens with zero attached hydrogens (tertiary/aromatic N) is 1. The summed E-state index contributed by atoms with van der Waals surface area (Å²) in [4.78, 5) is 14.0. The second-order valence-corrected chi connectivity index (χ2v) is 6.26. The minimum Gasteiger partial charge on any atom is -0.341 e. The fourth-order valence-corrected chi connectivity index (χ4v) is 3.28. The van der Waals surface area contributed by atoms with Crippen molar-refractivity contribution in [1.82, 2.24) is 4.90 Å². The van der Waals surface area contributed by atoms with Gasteiger partial charge in [0.05, 0.1) is 0 Å².